The number of benzene rings is 1. The Kier molecular flexibility index (Phi) is 13.2. The third-order valence-corrected chi connectivity index (χ3v) is 10.7. The van der Waals surface area contributed by atoms with E-state index in [0.717, 1.165) is 24.3 Å². The number of H-pyrrole nitrogens is 3. The number of hydrogen-bond donors (Lipinski definition) is 4. The minimum atomic E-state index is -1.63. The van der Waals surface area contributed by atoms with Gasteiger partial charge in [-0.15, -0.1) is 0 Å². The number of halogens is 6. The number of aromatic amines is 3. The summed E-state index contributed by atoms with van der Waals surface area (Å²) < 4.78 is 43.6. The number of amides is 1. The van der Waals surface area contributed by atoms with E-state index in [1.54, 1.807) is 16.9 Å². The van der Waals surface area contributed by atoms with E-state index in [9.17, 15) is 32.3 Å². The van der Waals surface area contributed by atoms with Gasteiger partial charge in [0.05, 0.1) is 62.7 Å². The Labute approximate surface area is 360 Å². The molecular formula is C37H28Br3F3N12O5. The molecule has 23 heteroatoms. The normalized spacial score (nSPS) is 12.4. The fourth-order valence-electron chi connectivity index (χ4n) is 6.10. The number of hydrogen-bond acceptors (Lipinski definition) is 11. The number of tetrazole rings is 1. The predicted octanol–water partition coefficient (Wildman–Crippen LogP) is 6.80. The van der Waals surface area contributed by atoms with E-state index in [4.69, 9.17) is 5.11 Å². The molecule has 7 aromatic heterocycles. The molecule has 1 saturated heterocycles. The summed E-state index contributed by atoms with van der Waals surface area (Å²) in [6, 6.07) is 11.2. The van der Waals surface area contributed by atoms with Gasteiger partial charge < -0.3 is 29.9 Å². The van der Waals surface area contributed by atoms with Gasteiger partial charge in [-0.25, -0.2) is 32.9 Å². The lowest BCUT2D eigenvalue weighted by Crippen LogP contribution is -2.51. The van der Waals surface area contributed by atoms with Gasteiger partial charge in [-0.1, -0.05) is 30.7 Å². The molecule has 17 nitrogen and oxygen atoms in total. The van der Waals surface area contributed by atoms with Gasteiger partial charge in [-0.3, -0.25) is 14.4 Å². The second-order valence-corrected chi connectivity index (χ2v) is 14.6. The Morgan fingerprint density at radius 2 is 1.22 bits per heavy atom. The Hall–Kier alpha value is -6.33. The van der Waals surface area contributed by atoms with Crippen LogP contribution in [0.5, 0.6) is 0 Å². The number of rotatable bonds is 6. The van der Waals surface area contributed by atoms with E-state index in [-0.39, 0.29) is 40.7 Å². The first-order valence-corrected chi connectivity index (χ1v) is 19.3. The molecule has 9 rings (SSSR count). The lowest BCUT2D eigenvalue weighted by molar-refractivity contribution is -0.131. The summed E-state index contributed by atoms with van der Waals surface area (Å²) in [5, 5.41) is 21.0. The van der Waals surface area contributed by atoms with E-state index < -0.39 is 35.1 Å². The minimum Gasteiger partial charge on any atom is -0.475 e. The number of aliphatic carboxylic acids is 1. The maximum atomic E-state index is 14.3. The lowest BCUT2D eigenvalue weighted by atomic mass is 10.1. The fourth-order valence-corrected chi connectivity index (χ4v) is 7.36. The van der Waals surface area contributed by atoms with Crippen molar-refractivity contribution in [1.82, 2.24) is 55.0 Å². The van der Waals surface area contributed by atoms with Crippen molar-refractivity contribution in [2.24, 2.45) is 0 Å². The standard InChI is InChI=1S/C20H16BrFN8O2.C9H4BrFN2O3.C7H4BrFN2.CH4/c21-18-16-15(14(22)11-24-18)13(10-23-16)17(31)19(32)28-6-8-29(9-7-28)20-25-26-27-30(20)12-4-2-1-3-5-12;10-8-6-5(4(11)2-13-8)3(1-12-6)7(14)9(15)16;8-7-6-4(1-2-10-6)5(9)3-11-7;/h1-5,10-11,23H,6-9H2;1-2,12H,(H,15,16);1-3,10H;1H4. The number of anilines is 1. The second kappa shape index (κ2) is 18.3. The van der Waals surface area contributed by atoms with Crippen LogP contribution in [0.15, 0.2) is 87.4 Å². The molecule has 8 aromatic rings. The number of para-hydroxylation sites is 1. The van der Waals surface area contributed by atoms with Crippen LogP contribution in [0.2, 0.25) is 0 Å². The average Bonchev–Trinajstić information content (AvgIpc) is 4.09. The van der Waals surface area contributed by atoms with Gasteiger partial charge in [0.2, 0.25) is 5.95 Å². The van der Waals surface area contributed by atoms with E-state index in [1.807, 2.05) is 35.2 Å². The maximum Gasteiger partial charge on any atom is 0.377 e. The number of carboxylic acid groups (broad SMARTS) is 1. The number of nitrogens with zero attached hydrogens (tertiary/aromatic N) is 9. The second-order valence-electron chi connectivity index (χ2n) is 12.3. The Morgan fingerprint density at radius 1 is 0.683 bits per heavy atom. The smallest absolute Gasteiger partial charge is 0.377 e. The van der Waals surface area contributed by atoms with E-state index >= 15 is 0 Å². The molecule has 0 aliphatic carbocycles. The SMILES string of the molecule is C.Fc1cnc(Br)c2[nH]ccc12.O=C(C(=O)N1CCN(c2nnnn2-c2ccccc2)CC1)c1c[nH]c2c(Br)ncc(F)c12.O=C(O)C(=O)c1c[nH]c2c(Br)ncc(F)c12. The fraction of sp³-hybridized carbons (Fsp3) is 0.135. The molecule has 1 amide bonds. The number of aromatic nitrogens is 10. The van der Waals surface area contributed by atoms with E-state index in [0.29, 0.717) is 62.4 Å². The lowest BCUT2D eigenvalue weighted by Gasteiger charge is -2.34. The number of piperazine rings is 1. The summed E-state index contributed by atoms with van der Waals surface area (Å²) in [6.45, 7) is 1.51. The summed E-state index contributed by atoms with van der Waals surface area (Å²) >= 11 is 9.48. The first kappa shape index (κ1) is 43.3. The van der Waals surface area contributed by atoms with Crippen molar-refractivity contribution in [2.75, 3.05) is 31.1 Å². The zero-order valence-corrected chi connectivity index (χ0v) is 34.4. The summed E-state index contributed by atoms with van der Waals surface area (Å²) in [7, 11) is 0. The van der Waals surface area contributed by atoms with Crippen molar-refractivity contribution in [3.63, 3.8) is 0 Å². The third-order valence-electron chi connectivity index (χ3n) is 8.92. The molecule has 0 saturated carbocycles. The predicted molar refractivity (Wildman–Crippen MR) is 222 cm³/mol. The molecule has 1 aromatic carbocycles. The molecule has 60 heavy (non-hydrogen) atoms. The third kappa shape index (κ3) is 8.54. The average molecular weight is 1020 g/mol. The van der Waals surface area contributed by atoms with Gasteiger partial charge in [0.15, 0.2) is 17.5 Å². The van der Waals surface area contributed by atoms with Crippen LogP contribution in [0, 0.1) is 17.5 Å². The zero-order chi connectivity index (χ0) is 42.0. The highest BCUT2D eigenvalue weighted by Crippen LogP contribution is 2.29. The van der Waals surface area contributed by atoms with Crippen molar-refractivity contribution in [3.05, 3.63) is 116 Å². The summed E-state index contributed by atoms with van der Waals surface area (Å²) in [4.78, 5) is 70.5. The van der Waals surface area contributed by atoms with Crippen LogP contribution in [0.25, 0.3) is 38.4 Å². The van der Waals surface area contributed by atoms with Crippen LogP contribution in [0.3, 0.4) is 0 Å². The van der Waals surface area contributed by atoms with Crippen LogP contribution >= 0.6 is 47.8 Å². The van der Waals surface area contributed by atoms with Crippen LogP contribution in [0.4, 0.5) is 19.1 Å². The maximum absolute atomic E-state index is 14.3. The molecule has 1 fully saturated rings. The van der Waals surface area contributed by atoms with E-state index in [2.05, 4.69) is 93.2 Å². The number of Topliss-reactive ketones (excluding diaryl/α,β-unsaturated/α-hetero) is 2. The molecule has 308 valence electrons. The Morgan fingerprint density at radius 3 is 1.77 bits per heavy atom. The van der Waals surface area contributed by atoms with E-state index in [1.165, 1.54) is 17.3 Å². The molecule has 1 aliphatic rings. The molecule has 0 radical (unpaired) electrons. The van der Waals surface area contributed by atoms with Gasteiger partial charge >= 0.3 is 5.97 Å². The summed E-state index contributed by atoms with van der Waals surface area (Å²) in [6.07, 6.45) is 7.29. The van der Waals surface area contributed by atoms with Crippen molar-refractivity contribution in [1.29, 1.82) is 0 Å². The zero-order valence-electron chi connectivity index (χ0n) is 29.6. The molecule has 0 unspecified atom stereocenters. The molecule has 1 aliphatic heterocycles. The van der Waals surface area contributed by atoms with Crippen molar-refractivity contribution in [3.8, 4) is 5.69 Å². The minimum absolute atomic E-state index is 0. The number of fused-ring (bicyclic) bond motifs is 3. The molecule has 0 bridgehead atoms. The van der Waals surface area contributed by atoms with Crippen LogP contribution in [-0.4, -0.2) is 110 Å². The van der Waals surface area contributed by atoms with Gasteiger partial charge in [0, 0.05) is 50.2 Å². The molecular weight excluding hydrogens is 989 g/mol. The summed E-state index contributed by atoms with van der Waals surface area (Å²) in [5.41, 5.74) is 1.88. The first-order valence-electron chi connectivity index (χ1n) is 16.9. The van der Waals surface area contributed by atoms with Crippen molar-refractivity contribution >= 4 is 110 Å². The van der Waals surface area contributed by atoms with Gasteiger partial charge in [-0.05, 0) is 76.4 Å². The highest BCUT2D eigenvalue weighted by Gasteiger charge is 2.31. The first-order chi connectivity index (χ1) is 28.3. The van der Waals surface area contributed by atoms with Gasteiger partial charge in [-0.2, -0.15) is 4.68 Å². The molecule has 4 N–H and O–H groups in total. The number of nitrogens with one attached hydrogen (secondary N) is 3. The number of carbonyl (C=O) groups is 4. The summed E-state index contributed by atoms with van der Waals surface area (Å²) in [5.74, 6) is -5.40. The topological polar surface area (TPSA) is 225 Å². The monoisotopic (exact) mass is 1010 g/mol. The Balaban J connectivity index is 0.000000178. The largest absolute Gasteiger partial charge is 0.475 e. The van der Waals surface area contributed by atoms with Crippen molar-refractivity contribution < 1.29 is 37.5 Å². The van der Waals surface area contributed by atoms with Crippen molar-refractivity contribution in [2.45, 2.75) is 7.43 Å². The number of carbonyl (C=O) groups excluding carboxylic acids is 3. The quantitative estimate of drug-likeness (QED) is 0.0767. The van der Waals surface area contributed by atoms with Crippen LogP contribution in [0.1, 0.15) is 28.1 Å². The number of carboxylic acids is 1. The number of ketones is 2. The highest BCUT2D eigenvalue weighted by atomic mass is 79.9. The Bertz CT molecular complexity index is 2860. The van der Waals surface area contributed by atoms with Crippen LogP contribution < -0.4 is 4.90 Å². The van der Waals surface area contributed by atoms with Gasteiger partial charge in [0.25, 0.3) is 17.5 Å². The molecule has 0 spiro atoms. The highest BCUT2D eigenvalue weighted by molar-refractivity contribution is 9.11. The van der Waals surface area contributed by atoms with Gasteiger partial charge in [0.1, 0.15) is 13.8 Å². The van der Waals surface area contributed by atoms with Crippen LogP contribution in [-0.2, 0) is 9.59 Å². The number of pyridine rings is 3. The molecule has 8 heterocycles. The molecule has 0 atom stereocenters.